The van der Waals surface area contributed by atoms with Gasteiger partial charge in [0.15, 0.2) is 0 Å². The number of rotatable bonds is 1. The summed E-state index contributed by atoms with van der Waals surface area (Å²) in [4.78, 5) is 5.15. The first-order chi connectivity index (χ1) is 6.04. The lowest BCUT2D eigenvalue weighted by Gasteiger charge is -2.34. The van der Waals surface area contributed by atoms with Crippen molar-refractivity contribution >= 4 is 0 Å². The number of hydrogen-bond acceptors (Lipinski definition) is 2. The molecule has 0 atom stereocenters. The molecule has 0 aromatic carbocycles. The molecule has 0 saturated carbocycles. The molecule has 0 aromatic heterocycles. The molecule has 1 aliphatic heterocycles. The van der Waals surface area contributed by atoms with Crippen molar-refractivity contribution in [3.05, 3.63) is 0 Å². The van der Waals surface area contributed by atoms with Gasteiger partial charge in [-0.3, -0.25) is 4.90 Å². The highest BCUT2D eigenvalue weighted by Gasteiger charge is 2.23. The van der Waals surface area contributed by atoms with Crippen molar-refractivity contribution in [1.29, 1.82) is 0 Å². The minimum Gasteiger partial charge on any atom is -0.302 e. The van der Waals surface area contributed by atoms with E-state index in [2.05, 4.69) is 37.5 Å². The first-order valence-electron chi connectivity index (χ1n) is 5.51. The molecule has 1 saturated heterocycles. The van der Waals surface area contributed by atoms with E-state index in [1.807, 2.05) is 0 Å². The van der Waals surface area contributed by atoms with E-state index >= 15 is 0 Å². The summed E-state index contributed by atoms with van der Waals surface area (Å²) < 4.78 is 0. The monoisotopic (exact) mass is 184 g/mol. The van der Waals surface area contributed by atoms with Crippen molar-refractivity contribution < 1.29 is 0 Å². The summed E-state index contributed by atoms with van der Waals surface area (Å²) in [6.07, 6.45) is 1.32. The molecule has 1 aliphatic rings. The summed E-state index contributed by atoms with van der Waals surface area (Å²) >= 11 is 0. The number of nitrogens with zero attached hydrogens (tertiary/aromatic N) is 2. The van der Waals surface area contributed by atoms with Crippen molar-refractivity contribution in [2.24, 2.45) is 0 Å². The minimum atomic E-state index is 0.351. The molecule has 78 valence electrons. The molecule has 0 radical (unpaired) electrons. The lowest BCUT2D eigenvalue weighted by molar-refractivity contribution is 0.141. The topological polar surface area (TPSA) is 6.48 Å². The third kappa shape index (κ3) is 3.28. The van der Waals surface area contributed by atoms with Gasteiger partial charge in [0.05, 0.1) is 0 Å². The van der Waals surface area contributed by atoms with Crippen LogP contribution in [-0.4, -0.2) is 48.1 Å². The highest BCUT2D eigenvalue weighted by molar-refractivity contribution is 4.79. The van der Waals surface area contributed by atoms with Gasteiger partial charge in [0, 0.05) is 18.6 Å². The molecule has 1 rings (SSSR count). The van der Waals surface area contributed by atoms with Crippen LogP contribution in [0.25, 0.3) is 0 Å². The Morgan fingerprint density at radius 2 is 1.69 bits per heavy atom. The van der Waals surface area contributed by atoms with Crippen molar-refractivity contribution in [3.63, 3.8) is 0 Å². The Balaban J connectivity index is 2.45. The SMILES string of the molecule is CCN1CCCN(C(C)(C)C)CC1. The van der Waals surface area contributed by atoms with E-state index in [0.717, 1.165) is 0 Å². The normalized spacial score (nSPS) is 23.1. The van der Waals surface area contributed by atoms with E-state index in [4.69, 9.17) is 0 Å². The number of likely N-dealkylation sites (N-methyl/N-ethyl adjacent to an activating group) is 1. The van der Waals surface area contributed by atoms with E-state index in [1.54, 1.807) is 0 Å². The maximum absolute atomic E-state index is 2.60. The van der Waals surface area contributed by atoms with Gasteiger partial charge in [-0.1, -0.05) is 6.92 Å². The predicted molar refractivity (Wildman–Crippen MR) is 58.1 cm³/mol. The van der Waals surface area contributed by atoms with E-state index in [0.29, 0.717) is 5.54 Å². The van der Waals surface area contributed by atoms with Crippen LogP contribution in [0.15, 0.2) is 0 Å². The first-order valence-corrected chi connectivity index (χ1v) is 5.51. The van der Waals surface area contributed by atoms with Crippen LogP contribution in [0, 0.1) is 0 Å². The maximum atomic E-state index is 2.60. The second-order valence-electron chi connectivity index (χ2n) is 4.95. The van der Waals surface area contributed by atoms with Crippen molar-refractivity contribution in [1.82, 2.24) is 9.80 Å². The largest absolute Gasteiger partial charge is 0.302 e. The molecule has 2 nitrogen and oxygen atoms in total. The Morgan fingerprint density at radius 3 is 2.23 bits per heavy atom. The fraction of sp³-hybridized carbons (Fsp3) is 1.00. The summed E-state index contributed by atoms with van der Waals surface area (Å²) in [6.45, 7) is 15.4. The molecule has 0 aromatic rings. The molecule has 2 heteroatoms. The van der Waals surface area contributed by atoms with Gasteiger partial charge in [-0.15, -0.1) is 0 Å². The van der Waals surface area contributed by atoms with Gasteiger partial charge in [-0.2, -0.15) is 0 Å². The van der Waals surface area contributed by atoms with Gasteiger partial charge in [0.2, 0.25) is 0 Å². The summed E-state index contributed by atoms with van der Waals surface area (Å²) in [6, 6.07) is 0. The zero-order valence-electron chi connectivity index (χ0n) is 9.64. The van der Waals surface area contributed by atoms with Crippen LogP contribution >= 0.6 is 0 Å². The van der Waals surface area contributed by atoms with Crippen LogP contribution in [-0.2, 0) is 0 Å². The second kappa shape index (κ2) is 4.43. The van der Waals surface area contributed by atoms with E-state index in [-0.39, 0.29) is 0 Å². The van der Waals surface area contributed by atoms with E-state index in [1.165, 1.54) is 39.1 Å². The molecule has 1 fully saturated rings. The van der Waals surface area contributed by atoms with Gasteiger partial charge in [-0.25, -0.2) is 0 Å². The average Bonchev–Trinajstić information content (AvgIpc) is 2.26. The molecule has 0 N–H and O–H groups in total. The van der Waals surface area contributed by atoms with Crippen LogP contribution < -0.4 is 0 Å². The lowest BCUT2D eigenvalue weighted by atomic mass is 10.1. The Hall–Kier alpha value is -0.0800. The summed E-state index contributed by atoms with van der Waals surface area (Å²) in [7, 11) is 0. The highest BCUT2D eigenvalue weighted by atomic mass is 15.2. The number of hydrogen-bond donors (Lipinski definition) is 0. The quantitative estimate of drug-likeness (QED) is 0.613. The smallest absolute Gasteiger partial charge is 0.0125 e. The second-order valence-corrected chi connectivity index (χ2v) is 4.95. The van der Waals surface area contributed by atoms with Crippen molar-refractivity contribution in [3.8, 4) is 0 Å². The van der Waals surface area contributed by atoms with E-state index in [9.17, 15) is 0 Å². The summed E-state index contributed by atoms with van der Waals surface area (Å²) in [5, 5.41) is 0. The first kappa shape index (κ1) is 11.0. The van der Waals surface area contributed by atoms with Crippen LogP contribution in [0.1, 0.15) is 34.1 Å². The molecule has 0 amide bonds. The van der Waals surface area contributed by atoms with Gasteiger partial charge >= 0.3 is 0 Å². The molecule has 0 spiro atoms. The Kier molecular flexibility index (Phi) is 3.74. The average molecular weight is 184 g/mol. The van der Waals surface area contributed by atoms with Crippen molar-refractivity contribution in [2.75, 3.05) is 32.7 Å². The fourth-order valence-corrected chi connectivity index (χ4v) is 1.96. The molecule has 13 heavy (non-hydrogen) atoms. The highest BCUT2D eigenvalue weighted by Crippen LogP contribution is 2.15. The standard InChI is InChI=1S/C11H24N2/c1-5-12-7-6-8-13(10-9-12)11(2,3)4/h5-10H2,1-4H3. The summed E-state index contributed by atoms with van der Waals surface area (Å²) in [5.41, 5.74) is 0.351. The van der Waals surface area contributed by atoms with Crippen LogP contribution in [0.5, 0.6) is 0 Å². The van der Waals surface area contributed by atoms with Gasteiger partial charge in [0.1, 0.15) is 0 Å². The Labute approximate surface area is 82.9 Å². The zero-order valence-corrected chi connectivity index (χ0v) is 9.64. The molecular formula is C11H24N2. The van der Waals surface area contributed by atoms with Crippen LogP contribution in [0.2, 0.25) is 0 Å². The lowest BCUT2D eigenvalue weighted by Crippen LogP contribution is -2.43. The van der Waals surface area contributed by atoms with Gasteiger partial charge in [-0.05, 0) is 46.8 Å². The maximum Gasteiger partial charge on any atom is 0.0125 e. The van der Waals surface area contributed by atoms with Gasteiger partial charge < -0.3 is 4.90 Å². The van der Waals surface area contributed by atoms with Gasteiger partial charge in [0.25, 0.3) is 0 Å². The third-order valence-corrected chi connectivity index (χ3v) is 2.98. The summed E-state index contributed by atoms with van der Waals surface area (Å²) in [5.74, 6) is 0. The molecule has 0 unspecified atom stereocenters. The Bertz CT molecular complexity index is 149. The van der Waals surface area contributed by atoms with Crippen molar-refractivity contribution in [2.45, 2.75) is 39.7 Å². The van der Waals surface area contributed by atoms with Crippen LogP contribution in [0.3, 0.4) is 0 Å². The minimum absolute atomic E-state index is 0.351. The predicted octanol–water partition coefficient (Wildman–Crippen LogP) is 1.81. The third-order valence-electron chi connectivity index (χ3n) is 2.98. The Morgan fingerprint density at radius 1 is 1.00 bits per heavy atom. The fourth-order valence-electron chi connectivity index (χ4n) is 1.96. The molecular weight excluding hydrogens is 160 g/mol. The zero-order chi connectivity index (χ0) is 9.90. The molecule has 0 bridgehead atoms. The molecule has 1 heterocycles. The van der Waals surface area contributed by atoms with E-state index < -0.39 is 0 Å². The van der Waals surface area contributed by atoms with Crippen LogP contribution in [0.4, 0.5) is 0 Å². The molecule has 0 aliphatic carbocycles.